The van der Waals surface area contributed by atoms with Crippen LogP contribution in [0.1, 0.15) is 26.3 Å². The number of carbonyl (C=O) groups excluding carboxylic acids is 1. The van der Waals surface area contributed by atoms with Crippen molar-refractivity contribution < 1.29 is 9.53 Å². The van der Waals surface area contributed by atoms with E-state index in [0.717, 1.165) is 0 Å². The van der Waals surface area contributed by atoms with Crippen LogP contribution in [0.25, 0.3) is 5.70 Å². The number of anilines is 1. The molecule has 7 heteroatoms. The molecule has 1 rings (SSSR count). The van der Waals surface area contributed by atoms with Crippen LogP contribution in [0.15, 0.2) is 27.8 Å². The number of aliphatic imine (C=N–C) groups is 1. The van der Waals surface area contributed by atoms with E-state index in [4.69, 9.17) is 10.5 Å². The van der Waals surface area contributed by atoms with Crippen LogP contribution in [0, 0.1) is 0 Å². The van der Waals surface area contributed by atoms with E-state index in [1.165, 1.54) is 0 Å². The molecule has 21 heavy (non-hydrogen) atoms. The number of nitrogens with one attached hydrogen (secondary N) is 1. The van der Waals surface area contributed by atoms with Gasteiger partial charge in [-0.15, -0.1) is 0 Å². The molecular weight excluding hydrogens is 336 g/mol. The summed E-state index contributed by atoms with van der Waals surface area (Å²) in [4.78, 5) is 19.6. The molecule has 1 aromatic heterocycles. The average Bonchev–Trinajstić information content (AvgIpc) is 2.36. The van der Waals surface area contributed by atoms with Gasteiger partial charge in [0.1, 0.15) is 11.4 Å². The molecule has 0 fully saturated rings. The van der Waals surface area contributed by atoms with Crippen molar-refractivity contribution in [1.82, 2.24) is 4.98 Å². The Morgan fingerprint density at radius 2 is 2.19 bits per heavy atom. The molecule has 1 heterocycles. The van der Waals surface area contributed by atoms with Gasteiger partial charge >= 0.3 is 6.09 Å². The smallest absolute Gasteiger partial charge is 0.413 e. The number of nitrogens with zero attached hydrogens (tertiary/aromatic N) is 2. The van der Waals surface area contributed by atoms with E-state index in [2.05, 4.69) is 31.2 Å². The summed E-state index contributed by atoms with van der Waals surface area (Å²) in [5.74, 6) is 0.360. The highest BCUT2D eigenvalue weighted by Crippen LogP contribution is 2.19. The maximum atomic E-state index is 11.7. The van der Waals surface area contributed by atoms with Crippen LogP contribution in [-0.2, 0) is 4.74 Å². The third-order valence-electron chi connectivity index (χ3n) is 2.20. The minimum absolute atomic E-state index is 0.360. The molecule has 0 radical (unpaired) electrons. The van der Waals surface area contributed by atoms with Gasteiger partial charge in [0.25, 0.3) is 0 Å². The summed E-state index contributed by atoms with van der Waals surface area (Å²) in [7, 11) is 1.65. The lowest BCUT2D eigenvalue weighted by atomic mass is 10.2. The van der Waals surface area contributed by atoms with Crippen molar-refractivity contribution in [2.45, 2.75) is 26.4 Å². The normalized spacial score (nSPS) is 13.0. The molecule has 0 aromatic carbocycles. The molecular formula is C14H19BrN4O2. The zero-order valence-corrected chi connectivity index (χ0v) is 14.1. The Morgan fingerprint density at radius 1 is 1.52 bits per heavy atom. The minimum atomic E-state index is -0.568. The van der Waals surface area contributed by atoms with Crippen molar-refractivity contribution in [3.05, 3.63) is 28.4 Å². The fourth-order valence-electron chi connectivity index (χ4n) is 1.40. The number of aromatic nitrogens is 1. The quantitative estimate of drug-likeness (QED) is 0.815. The first kappa shape index (κ1) is 17.2. The van der Waals surface area contributed by atoms with Gasteiger partial charge in [-0.25, -0.2) is 9.78 Å². The monoisotopic (exact) mass is 354 g/mol. The first-order valence-corrected chi connectivity index (χ1v) is 7.06. The largest absolute Gasteiger partial charge is 0.444 e. The molecule has 114 valence electrons. The molecule has 0 atom stereocenters. The molecule has 0 unspecified atom stereocenters. The van der Waals surface area contributed by atoms with Crippen LogP contribution in [0.4, 0.5) is 10.6 Å². The summed E-state index contributed by atoms with van der Waals surface area (Å²) in [5.41, 5.74) is 6.63. The number of rotatable bonds is 3. The fourth-order valence-corrected chi connectivity index (χ4v) is 1.83. The summed E-state index contributed by atoms with van der Waals surface area (Å²) in [6, 6.07) is 3.39. The zero-order valence-electron chi connectivity index (χ0n) is 12.5. The van der Waals surface area contributed by atoms with E-state index in [0.29, 0.717) is 21.6 Å². The van der Waals surface area contributed by atoms with E-state index in [1.54, 1.807) is 52.4 Å². The first-order chi connectivity index (χ1) is 9.73. The number of allylic oxidation sites excluding steroid dienone is 1. The van der Waals surface area contributed by atoms with Gasteiger partial charge in [-0.3, -0.25) is 10.3 Å². The lowest BCUT2D eigenvalue weighted by molar-refractivity contribution is 0.0635. The maximum absolute atomic E-state index is 11.7. The Kier molecular flexibility index (Phi) is 5.90. The van der Waals surface area contributed by atoms with Gasteiger partial charge in [-0.2, -0.15) is 0 Å². The predicted octanol–water partition coefficient (Wildman–Crippen LogP) is 3.15. The molecule has 1 aromatic rings. The first-order valence-electron chi connectivity index (χ1n) is 6.27. The number of hydrogen-bond donors (Lipinski definition) is 2. The van der Waals surface area contributed by atoms with Crippen molar-refractivity contribution in [3.63, 3.8) is 0 Å². The van der Waals surface area contributed by atoms with Crippen LogP contribution in [-0.4, -0.2) is 29.9 Å². The Bertz CT molecular complexity index is 577. The standard InChI is InChI=1S/C14H19BrN4O2/c1-14(2,3)21-13(20)19-11-7-9(5-6-18-11)12(16)10(15)8-17-4/h5-8H,16H2,1-4H3,(H,18,19,20). The van der Waals surface area contributed by atoms with E-state index < -0.39 is 11.7 Å². The minimum Gasteiger partial charge on any atom is -0.444 e. The number of halogens is 1. The Hall–Kier alpha value is -1.89. The van der Waals surface area contributed by atoms with Crippen molar-refractivity contribution in [1.29, 1.82) is 0 Å². The molecule has 3 N–H and O–H groups in total. The van der Waals surface area contributed by atoms with E-state index in [1.807, 2.05) is 0 Å². The van der Waals surface area contributed by atoms with E-state index >= 15 is 0 Å². The van der Waals surface area contributed by atoms with Gasteiger partial charge in [0.05, 0.1) is 10.2 Å². The van der Waals surface area contributed by atoms with Gasteiger partial charge < -0.3 is 10.5 Å². The van der Waals surface area contributed by atoms with Gasteiger partial charge in [0.15, 0.2) is 0 Å². The van der Waals surface area contributed by atoms with Crippen LogP contribution < -0.4 is 11.1 Å². The third-order valence-corrected chi connectivity index (χ3v) is 2.83. The van der Waals surface area contributed by atoms with Crippen LogP contribution >= 0.6 is 15.9 Å². The second-order valence-corrected chi connectivity index (χ2v) is 6.06. The number of pyridine rings is 1. The number of ether oxygens (including phenoxy) is 1. The number of carbonyl (C=O) groups is 1. The Labute approximate surface area is 132 Å². The molecule has 0 spiro atoms. The van der Waals surface area contributed by atoms with Crippen molar-refractivity contribution in [2.24, 2.45) is 10.7 Å². The van der Waals surface area contributed by atoms with Crippen LogP contribution in [0.5, 0.6) is 0 Å². The third kappa shape index (κ3) is 5.95. The second-order valence-electron chi connectivity index (χ2n) is 5.21. The summed E-state index contributed by atoms with van der Waals surface area (Å²) in [6.45, 7) is 5.37. The second kappa shape index (κ2) is 7.21. The molecule has 1 amide bonds. The lowest BCUT2D eigenvalue weighted by Crippen LogP contribution is -2.27. The predicted molar refractivity (Wildman–Crippen MR) is 88.5 cm³/mol. The zero-order chi connectivity index (χ0) is 16.0. The number of hydrogen-bond acceptors (Lipinski definition) is 5. The van der Waals surface area contributed by atoms with Gasteiger partial charge in [-0.1, -0.05) is 0 Å². The van der Waals surface area contributed by atoms with Gasteiger partial charge in [0.2, 0.25) is 0 Å². The van der Waals surface area contributed by atoms with Crippen molar-refractivity contribution >= 4 is 39.8 Å². The number of nitrogens with two attached hydrogens (primary N) is 1. The van der Waals surface area contributed by atoms with Gasteiger partial charge in [0, 0.05) is 25.0 Å². The van der Waals surface area contributed by atoms with Crippen LogP contribution in [0.2, 0.25) is 0 Å². The molecule has 0 aliphatic heterocycles. The summed E-state index contributed by atoms with van der Waals surface area (Å²) >= 11 is 3.33. The molecule has 0 saturated carbocycles. The topological polar surface area (TPSA) is 89.6 Å². The molecule has 0 aliphatic carbocycles. The van der Waals surface area contributed by atoms with E-state index in [-0.39, 0.29) is 0 Å². The SMILES string of the molecule is CN=CC(Br)=C(N)c1ccnc(NC(=O)OC(C)(C)C)c1. The Balaban J connectivity index is 2.92. The summed E-state index contributed by atoms with van der Waals surface area (Å²) in [6.07, 6.45) is 2.58. The molecule has 0 saturated heterocycles. The van der Waals surface area contributed by atoms with Crippen molar-refractivity contribution in [2.75, 3.05) is 12.4 Å². The van der Waals surface area contributed by atoms with Gasteiger partial charge in [-0.05, 0) is 48.8 Å². The summed E-state index contributed by atoms with van der Waals surface area (Å²) < 4.78 is 5.82. The number of amides is 1. The van der Waals surface area contributed by atoms with Crippen molar-refractivity contribution in [3.8, 4) is 0 Å². The molecule has 6 nitrogen and oxygen atoms in total. The maximum Gasteiger partial charge on any atom is 0.413 e. The highest BCUT2D eigenvalue weighted by molar-refractivity contribution is 9.12. The Morgan fingerprint density at radius 3 is 2.76 bits per heavy atom. The fraction of sp³-hybridized carbons (Fsp3) is 0.357. The highest BCUT2D eigenvalue weighted by Gasteiger charge is 2.16. The lowest BCUT2D eigenvalue weighted by Gasteiger charge is -2.19. The van der Waals surface area contributed by atoms with E-state index in [9.17, 15) is 4.79 Å². The average molecular weight is 355 g/mol. The molecule has 0 aliphatic rings. The van der Waals surface area contributed by atoms with Crippen LogP contribution in [0.3, 0.4) is 0 Å². The highest BCUT2D eigenvalue weighted by atomic mass is 79.9. The summed E-state index contributed by atoms with van der Waals surface area (Å²) in [5, 5.41) is 2.57. The molecule has 0 bridgehead atoms.